The molecule has 0 aromatic carbocycles. The van der Waals surface area contributed by atoms with E-state index in [-0.39, 0.29) is 11.8 Å². The Bertz CT molecular complexity index is 501. The zero-order valence-corrected chi connectivity index (χ0v) is 13.5. The summed E-state index contributed by atoms with van der Waals surface area (Å²) in [7, 11) is 0. The number of likely N-dealkylation sites (tertiary alicyclic amines) is 1. The molecule has 1 amide bonds. The van der Waals surface area contributed by atoms with Crippen LogP contribution in [0.2, 0.25) is 0 Å². The molecular weight excluding hydrogens is 264 g/mol. The Hall–Kier alpha value is -1.65. The number of rotatable bonds is 5. The number of hydrogen-bond acceptors (Lipinski definition) is 4. The monoisotopic (exact) mass is 290 g/mol. The summed E-state index contributed by atoms with van der Waals surface area (Å²) in [4.78, 5) is 23.8. The Morgan fingerprint density at radius 3 is 2.86 bits per heavy atom. The van der Waals surface area contributed by atoms with Crippen LogP contribution in [0.25, 0.3) is 0 Å². The van der Waals surface area contributed by atoms with E-state index in [0.29, 0.717) is 11.7 Å². The van der Waals surface area contributed by atoms with Crippen LogP contribution in [0.1, 0.15) is 69.2 Å². The van der Waals surface area contributed by atoms with Gasteiger partial charge in [0.25, 0.3) is 5.91 Å². The predicted molar refractivity (Wildman–Crippen MR) is 84.6 cm³/mol. The number of hydrogen-bond donors (Lipinski definition) is 1. The van der Waals surface area contributed by atoms with Gasteiger partial charge in [0, 0.05) is 25.0 Å². The highest BCUT2D eigenvalue weighted by atomic mass is 16.2. The zero-order valence-electron chi connectivity index (χ0n) is 13.5. The molecule has 0 bridgehead atoms. The SMILES string of the molecule is CCNc1cnc(C(C)C)nc1C(=O)N1CCCC1CC. The standard InChI is InChI=1S/C16H26N4O/c1-5-12-8-7-9-20(12)16(21)14-13(17-6-2)10-18-15(19-14)11(3)4/h10-12,17H,5-9H2,1-4H3. The fourth-order valence-electron chi connectivity index (χ4n) is 2.82. The zero-order chi connectivity index (χ0) is 15.4. The van der Waals surface area contributed by atoms with Gasteiger partial charge in [0.15, 0.2) is 5.69 Å². The van der Waals surface area contributed by atoms with E-state index in [1.165, 1.54) is 0 Å². The van der Waals surface area contributed by atoms with Crippen molar-refractivity contribution in [1.29, 1.82) is 0 Å². The van der Waals surface area contributed by atoms with Gasteiger partial charge < -0.3 is 10.2 Å². The van der Waals surface area contributed by atoms with Crippen LogP contribution in [-0.2, 0) is 0 Å². The quantitative estimate of drug-likeness (QED) is 0.905. The van der Waals surface area contributed by atoms with Crippen LogP contribution < -0.4 is 5.32 Å². The smallest absolute Gasteiger partial charge is 0.274 e. The van der Waals surface area contributed by atoms with Gasteiger partial charge in [-0.2, -0.15) is 0 Å². The number of amides is 1. The molecule has 2 rings (SSSR count). The van der Waals surface area contributed by atoms with Gasteiger partial charge in [-0.3, -0.25) is 4.79 Å². The van der Waals surface area contributed by atoms with Crippen LogP contribution >= 0.6 is 0 Å². The number of carbonyl (C=O) groups is 1. The van der Waals surface area contributed by atoms with Gasteiger partial charge in [-0.25, -0.2) is 9.97 Å². The van der Waals surface area contributed by atoms with Gasteiger partial charge in [0.1, 0.15) is 5.82 Å². The molecule has 1 atom stereocenters. The first-order valence-corrected chi connectivity index (χ1v) is 8.00. The van der Waals surface area contributed by atoms with Crippen molar-refractivity contribution >= 4 is 11.6 Å². The van der Waals surface area contributed by atoms with Crippen LogP contribution in [0.15, 0.2) is 6.20 Å². The molecule has 1 aromatic rings. The first-order chi connectivity index (χ1) is 10.1. The number of nitrogens with zero attached hydrogens (tertiary/aromatic N) is 3. The lowest BCUT2D eigenvalue weighted by atomic mass is 10.1. The molecular formula is C16H26N4O. The van der Waals surface area contributed by atoms with Crippen molar-refractivity contribution in [1.82, 2.24) is 14.9 Å². The second-order valence-corrected chi connectivity index (χ2v) is 5.88. The average molecular weight is 290 g/mol. The average Bonchev–Trinajstić information content (AvgIpc) is 2.95. The summed E-state index contributed by atoms with van der Waals surface area (Å²) in [6, 6.07) is 0.351. The lowest BCUT2D eigenvalue weighted by Gasteiger charge is -2.24. The van der Waals surface area contributed by atoms with Gasteiger partial charge in [0.05, 0.1) is 11.9 Å². The Balaban J connectivity index is 2.35. The Kier molecular flexibility index (Phi) is 5.15. The van der Waals surface area contributed by atoms with Gasteiger partial charge in [-0.05, 0) is 26.2 Å². The molecule has 21 heavy (non-hydrogen) atoms. The lowest BCUT2D eigenvalue weighted by molar-refractivity contribution is 0.0728. The molecule has 1 unspecified atom stereocenters. The molecule has 5 nitrogen and oxygen atoms in total. The van der Waals surface area contributed by atoms with Crippen molar-refractivity contribution in [3.05, 3.63) is 17.7 Å². The molecule has 0 aliphatic carbocycles. The summed E-state index contributed by atoms with van der Waals surface area (Å²) < 4.78 is 0. The first-order valence-electron chi connectivity index (χ1n) is 8.00. The van der Waals surface area contributed by atoms with Crippen LogP contribution in [0.3, 0.4) is 0 Å². The van der Waals surface area contributed by atoms with Gasteiger partial charge >= 0.3 is 0 Å². The van der Waals surface area contributed by atoms with Gasteiger partial charge in [-0.1, -0.05) is 20.8 Å². The topological polar surface area (TPSA) is 58.1 Å². The minimum absolute atomic E-state index is 0.0413. The lowest BCUT2D eigenvalue weighted by Crippen LogP contribution is -2.36. The molecule has 5 heteroatoms. The van der Waals surface area contributed by atoms with Crippen molar-refractivity contribution in [2.45, 2.75) is 58.9 Å². The Labute approximate surface area is 127 Å². The third kappa shape index (κ3) is 3.34. The summed E-state index contributed by atoms with van der Waals surface area (Å²) >= 11 is 0. The first kappa shape index (κ1) is 15.7. The number of anilines is 1. The van der Waals surface area contributed by atoms with Crippen molar-refractivity contribution < 1.29 is 4.79 Å². The maximum Gasteiger partial charge on any atom is 0.274 e. The van der Waals surface area contributed by atoms with Crippen molar-refractivity contribution in [2.24, 2.45) is 0 Å². The molecule has 1 aliphatic rings. The third-order valence-corrected chi connectivity index (χ3v) is 4.00. The molecule has 0 spiro atoms. The fraction of sp³-hybridized carbons (Fsp3) is 0.688. The minimum Gasteiger partial charge on any atom is -0.382 e. The molecule has 1 N–H and O–H groups in total. The largest absolute Gasteiger partial charge is 0.382 e. The highest BCUT2D eigenvalue weighted by Gasteiger charge is 2.30. The van der Waals surface area contributed by atoms with E-state index in [0.717, 1.165) is 43.9 Å². The minimum atomic E-state index is 0.0413. The molecule has 1 saturated heterocycles. The summed E-state index contributed by atoms with van der Waals surface area (Å²) in [5.41, 5.74) is 1.27. The number of aromatic nitrogens is 2. The van der Waals surface area contributed by atoms with Crippen molar-refractivity contribution in [3.63, 3.8) is 0 Å². The van der Waals surface area contributed by atoms with Gasteiger partial charge in [-0.15, -0.1) is 0 Å². The van der Waals surface area contributed by atoms with E-state index in [1.807, 2.05) is 25.7 Å². The fourth-order valence-corrected chi connectivity index (χ4v) is 2.82. The number of carbonyl (C=O) groups excluding carboxylic acids is 1. The van der Waals surface area contributed by atoms with E-state index in [4.69, 9.17) is 0 Å². The molecule has 0 saturated carbocycles. The van der Waals surface area contributed by atoms with E-state index in [1.54, 1.807) is 6.20 Å². The second-order valence-electron chi connectivity index (χ2n) is 5.88. The normalized spacial score (nSPS) is 18.3. The summed E-state index contributed by atoms with van der Waals surface area (Å²) in [6.45, 7) is 9.82. The molecule has 0 radical (unpaired) electrons. The van der Waals surface area contributed by atoms with Crippen molar-refractivity contribution in [2.75, 3.05) is 18.4 Å². The predicted octanol–water partition coefficient (Wildman–Crippen LogP) is 3.05. The Morgan fingerprint density at radius 1 is 1.48 bits per heavy atom. The van der Waals surface area contributed by atoms with E-state index >= 15 is 0 Å². The second kappa shape index (κ2) is 6.87. The molecule has 1 aliphatic heterocycles. The van der Waals surface area contributed by atoms with Crippen LogP contribution in [0.5, 0.6) is 0 Å². The molecule has 116 valence electrons. The van der Waals surface area contributed by atoms with Crippen molar-refractivity contribution in [3.8, 4) is 0 Å². The molecule has 1 aromatic heterocycles. The van der Waals surface area contributed by atoms with Crippen LogP contribution in [0.4, 0.5) is 5.69 Å². The van der Waals surface area contributed by atoms with E-state index < -0.39 is 0 Å². The van der Waals surface area contributed by atoms with E-state index in [9.17, 15) is 4.79 Å². The molecule has 1 fully saturated rings. The third-order valence-electron chi connectivity index (χ3n) is 4.00. The Morgan fingerprint density at radius 2 is 2.24 bits per heavy atom. The molecule has 2 heterocycles. The van der Waals surface area contributed by atoms with E-state index in [2.05, 4.69) is 22.2 Å². The number of nitrogens with one attached hydrogen (secondary N) is 1. The summed E-state index contributed by atoms with van der Waals surface area (Å²) in [5.74, 6) is 0.986. The summed E-state index contributed by atoms with van der Waals surface area (Å²) in [5, 5.41) is 3.21. The highest BCUT2D eigenvalue weighted by Crippen LogP contribution is 2.25. The van der Waals surface area contributed by atoms with Crippen LogP contribution in [-0.4, -0.2) is 39.9 Å². The maximum absolute atomic E-state index is 12.9. The van der Waals surface area contributed by atoms with Gasteiger partial charge in [0.2, 0.25) is 0 Å². The summed E-state index contributed by atoms with van der Waals surface area (Å²) in [6.07, 6.45) is 4.93. The maximum atomic E-state index is 12.9. The van der Waals surface area contributed by atoms with Crippen LogP contribution in [0, 0.1) is 0 Å². The highest BCUT2D eigenvalue weighted by molar-refractivity contribution is 5.97.